The molecule has 0 saturated carbocycles. The van der Waals surface area contributed by atoms with E-state index < -0.39 is 46.8 Å². The average molecular weight is 501 g/mol. The molecule has 0 spiro atoms. The van der Waals surface area contributed by atoms with Gasteiger partial charge in [0.15, 0.2) is 5.78 Å². The van der Waals surface area contributed by atoms with Crippen LogP contribution in [0.5, 0.6) is 0 Å². The second-order valence-electron chi connectivity index (χ2n) is 9.42. The van der Waals surface area contributed by atoms with Crippen molar-refractivity contribution < 1.29 is 4.79 Å². The van der Waals surface area contributed by atoms with Crippen LogP contribution >= 0.6 is 0 Å². The highest BCUT2D eigenvalue weighted by molar-refractivity contribution is 5.95. The second-order valence-corrected chi connectivity index (χ2v) is 9.42. The smallest absolute Gasteiger partial charge is 0.292 e. The molecule has 1 aliphatic carbocycles. The summed E-state index contributed by atoms with van der Waals surface area (Å²) in [6.07, 6.45) is 3.66. The first-order valence-corrected chi connectivity index (χ1v) is 11.9. The molecule has 188 valence electrons. The zero-order chi connectivity index (χ0) is 26.0. The molecule has 11 heteroatoms. The van der Waals surface area contributed by atoms with Gasteiger partial charge in [0.1, 0.15) is 6.54 Å². The molecule has 4 unspecified atom stereocenters. The van der Waals surface area contributed by atoms with Gasteiger partial charge in [-0.3, -0.25) is 4.79 Å². The van der Waals surface area contributed by atoms with Gasteiger partial charge < -0.3 is 0 Å². The lowest BCUT2D eigenvalue weighted by Crippen LogP contribution is -2.51. The molecular weight excluding hydrogens is 476 g/mol. The molecule has 4 atom stereocenters. The molecule has 0 amide bonds. The number of Topliss-reactive ketones (excluding diaryl/α,β-unsaturated/α-hetero) is 1. The minimum Gasteiger partial charge on any atom is -0.292 e. The number of carbonyl (C=O) groups is 1. The Hall–Kier alpha value is -4.67. The fourth-order valence-corrected chi connectivity index (χ4v) is 5.71. The van der Waals surface area contributed by atoms with Gasteiger partial charge in [0.05, 0.1) is 18.1 Å². The molecule has 11 nitrogen and oxygen atoms in total. The molecule has 0 fully saturated rings. The molecule has 37 heavy (non-hydrogen) atoms. The monoisotopic (exact) mass is 500 g/mol. The van der Waals surface area contributed by atoms with Crippen molar-refractivity contribution in [2.75, 3.05) is 0 Å². The number of hydrogen-bond acceptors (Lipinski definition) is 5. The van der Waals surface area contributed by atoms with Gasteiger partial charge in [0, 0.05) is 25.6 Å². The normalized spacial score (nSPS) is 21.8. The van der Waals surface area contributed by atoms with Gasteiger partial charge in [-0.2, -0.15) is 0 Å². The summed E-state index contributed by atoms with van der Waals surface area (Å²) in [6.45, 7) is -0.353. The van der Waals surface area contributed by atoms with Gasteiger partial charge in [0.2, 0.25) is 0 Å². The number of aromatic nitrogens is 6. The zero-order valence-corrected chi connectivity index (χ0v) is 20.2. The number of allylic oxidation sites excluding steroid dienone is 2. The molecule has 0 N–H and O–H groups in total. The maximum absolute atomic E-state index is 13.6. The number of fused-ring (bicyclic) bond motifs is 1. The van der Waals surface area contributed by atoms with E-state index in [4.69, 9.17) is 0 Å². The lowest BCUT2D eigenvalue weighted by Gasteiger charge is -2.46. The predicted octanol–water partition coefficient (Wildman–Crippen LogP) is 0.584. The van der Waals surface area contributed by atoms with Crippen LogP contribution in [0.3, 0.4) is 0 Å². The number of ketones is 1. The van der Waals surface area contributed by atoms with E-state index in [1.807, 2.05) is 36.4 Å². The number of carbonyl (C=O) groups excluding carboxylic acids is 1. The molecule has 3 aliphatic rings. The highest BCUT2D eigenvalue weighted by atomic mass is 16.2. The van der Waals surface area contributed by atoms with E-state index >= 15 is 0 Å². The van der Waals surface area contributed by atoms with Crippen LogP contribution < -0.4 is 22.8 Å². The summed E-state index contributed by atoms with van der Waals surface area (Å²) in [4.78, 5) is 66.1. The van der Waals surface area contributed by atoms with E-state index in [-0.39, 0.29) is 12.3 Å². The van der Waals surface area contributed by atoms with Crippen LogP contribution in [-0.2, 0) is 20.6 Å². The Morgan fingerprint density at radius 1 is 0.676 bits per heavy atom. The van der Waals surface area contributed by atoms with Gasteiger partial charge in [-0.05, 0) is 5.56 Å². The second kappa shape index (κ2) is 8.19. The van der Waals surface area contributed by atoms with Gasteiger partial charge in [0.25, 0.3) is 0 Å². The predicted molar refractivity (Wildman–Crippen MR) is 134 cm³/mol. The van der Waals surface area contributed by atoms with Crippen LogP contribution in [0, 0.1) is 0 Å². The Morgan fingerprint density at radius 3 is 1.84 bits per heavy atom. The van der Waals surface area contributed by atoms with Crippen LogP contribution in [0.2, 0.25) is 0 Å². The summed E-state index contributed by atoms with van der Waals surface area (Å²) < 4.78 is 7.24. The third-order valence-electron chi connectivity index (χ3n) is 7.46. The zero-order valence-electron chi connectivity index (χ0n) is 20.2. The Morgan fingerprint density at radius 2 is 1.19 bits per heavy atom. The van der Waals surface area contributed by atoms with Crippen LogP contribution in [0.1, 0.15) is 40.0 Å². The fraction of sp³-hybridized carbons (Fsp3) is 0.269. The summed E-state index contributed by atoms with van der Waals surface area (Å²) in [7, 11) is 2.78. The Bertz CT molecular complexity index is 1800. The van der Waals surface area contributed by atoms with Crippen LogP contribution in [-0.4, -0.2) is 33.6 Å². The molecule has 4 aromatic rings. The molecule has 2 aromatic carbocycles. The Balaban J connectivity index is 1.60. The minimum absolute atomic E-state index is 0.330. The third-order valence-corrected chi connectivity index (χ3v) is 7.46. The van der Waals surface area contributed by atoms with Gasteiger partial charge in [-0.15, -0.1) is 0 Å². The maximum Gasteiger partial charge on any atom is 0.347 e. The van der Waals surface area contributed by atoms with E-state index in [2.05, 4.69) is 0 Å². The van der Waals surface area contributed by atoms with Crippen LogP contribution in [0.4, 0.5) is 0 Å². The molecular formula is C26H24N6O5. The molecule has 4 heterocycles. The highest BCUT2D eigenvalue weighted by Crippen LogP contribution is 2.50. The first-order chi connectivity index (χ1) is 17.8. The van der Waals surface area contributed by atoms with Gasteiger partial charge in [-0.1, -0.05) is 72.8 Å². The first-order valence-electron chi connectivity index (χ1n) is 11.9. The molecule has 0 saturated heterocycles. The van der Waals surface area contributed by atoms with Crippen LogP contribution in [0.25, 0.3) is 0 Å². The van der Waals surface area contributed by atoms with E-state index in [9.17, 15) is 24.0 Å². The fourth-order valence-electron chi connectivity index (χ4n) is 5.71. The molecule has 7 rings (SSSR count). The Labute approximate surface area is 209 Å². The van der Waals surface area contributed by atoms with Crippen molar-refractivity contribution in [2.45, 2.75) is 30.6 Å². The van der Waals surface area contributed by atoms with Gasteiger partial charge >= 0.3 is 22.8 Å². The number of hydrogen-bond donors (Lipinski definition) is 0. The van der Waals surface area contributed by atoms with Crippen molar-refractivity contribution in [3.63, 3.8) is 0 Å². The standard InChI is InChI=1S/C26H24N6O5/c1-27-23(34)29(15-20(33)16-9-5-3-6-10-16)32(26(27)37)22-19-14-13-18(21(22)17-11-7-4-8-12-17)30-24(35)28(2)25(36)31(19)30/h3-14,18-19,21-22H,15H2,1-2H3. The molecule has 2 aromatic heterocycles. The van der Waals surface area contributed by atoms with E-state index in [0.717, 1.165) is 19.4 Å². The maximum atomic E-state index is 13.6. The number of benzene rings is 2. The minimum atomic E-state index is -0.748. The van der Waals surface area contributed by atoms with Crippen molar-refractivity contribution in [1.29, 1.82) is 0 Å². The van der Waals surface area contributed by atoms with E-state index in [1.54, 1.807) is 36.4 Å². The summed E-state index contributed by atoms with van der Waals surface area (Å²) in [5.41, 5.74) is -0.958. The Kier molecular flexibility index (Phi) is 5.04. The highest BCUT2D eigenvalue weighted by Gasteiger charge is 2.50. The molecule has 2 aliphatic heterocycles. The lowest BCUT2D eigenvalue weighted by molar-refractivity contribution is 0.0923. The van der Waals surface area contributed by atoms with Crippen molar-refractivity contribution in [2.24, 2.45) is 14.1 Å². The number of rotatable bonds is 5. The summed E-state index contributed by atoms with van der Waals surface area (Å²) in [6, 6.07) is 15.8. The third kappa shape index (κ3) is 3.16. The van der Waals surface area contributed by atoms with Gasteiger partial charge in [-0.25, -0.2) is 47.0 Å². The van der Waals surface area contributed by atoms with Crippen molar-refractivity contribution >= 4 is 5.78 Å². The molecule has 0 radical (unpaired) electrons. The van der Waals surface area contributed by atoms with Crippen molar-refractivity contribution in [3.8, 4) is 0 Å². The average Bonchev–Trinajstić information content (AvgIpc) is 3.29. The van der Waals surface area contributed by atoms with Crippen LogP contribution in [0.15, 0.2) is 92.0 Å². The quantitative estimate of drug-likeness (QED) is 0.294. The first kappa shape index (κ1) is 22.8. The van der Waals surface area contributed by atoms with E-state index in [0.29, 0.717) is 5.56 Å². The number of nitrogens with zero attached hydrogens (tertiary/aromatic N) is 6. The lowest BCUT2D eigenvalue weighted by atomic mass is 9.76. The van der Waals surface area contributed by atoms with E-state index in [1.165, 1.54) is 28.1 Å². The van der Waals surface area contributed by atoms with Crippen molar-refractivity contribution in [3.05, 3.63) is 126 Å². The summed E-state index contributed by atoms with van der Waals surface area (Å²) >= 11 is 0. The SMILES string of the molecule is Cn1c(=O)n(CC(=O)c2ccccc2)n(C2C(c3ccccc3)C3C=CC2n2c(=O)n(C)c(=O)n23)c1=O. The summed E-state index contributed by atoms with van der Waals surface area (Å²) in [5.74, 6) is -0.795. The van der Waals surface area contributed by atoms with Crippen molar-refractivity contribution in [1.82, 2.24) is 27.9 Å². The summed E-state index contributed by atoms with van der Waals surface area (Å²) in [5, 5.41) is 0. The largest absolute Gasteiger partial charge is 0.347 e. The topological polar surface area (TPSA) is 115 Å². The molecule has 2 bridgehead atoms.